The van der Waals surface area contributed by atoms with E-state index in [1.165, 1.54) is 12.3 Å². The van der Waals surface area contributed by atoms with Crippen molar-refractivity contribution in [3.05, 3.63) is 60.3 Å². The van der Waals surface area contributed by atoms with Gasteiger partial charge in [0.15, 0.2) is 0 Å². The van der Waals surface area contributed by atoms with Gasteiger partial charge in [-0.25, -0.2) is 14.4 Å². The Kier molecular flexibility index (Phi) is 5.93. The second-order valence-corrected chi connectivity index (χ2v) is 9.69. The largest absolute Gasteiger partial charge is 0.377 e. The summed E-state index contributed by atoms with van der Waals surface area (Å²) < 4.78 is 19.1. The number of aromatic amines is 1. The van der Waals surface area contributed by atoms with Crippen LogP contribution in [-0.4, -0.2) is 64.0 Å². The SMILES string of the molecule is C[C@@H]1COCCN1c1cc(C2(C#N)CCN(c3ccc(F)cn3)CC2)c2ccnc(-c3ccn[nH]3)c2n1. The molecule has 37 heavy (non-hydrogen) atoms. The normalized spacial score (nSPS) is 19.6. The number of pyridine rings is 3. The van der Waals surface area contributed by atoms with Crippen molar-refractivity contribution in [1.82, 2.24) is 25.1 Å². The third-order valence-electron chi connectivity index (χ3n) is 7.51. The number of rotatable bonds is 4. The lowest BCUT2D eigenvalue weighted by Gasteiger charge is -2.40. The Morgan fingerprint density at radius 2 is 1.97 bits per heavy atom. The number of morpholine rings is 1. The Bertz CT molecular complexity index is 1440. The average Bonchev–Trinajstić information content (AvgIpc) is 3.48. The fourth-order valence-corrected chi connectivity index (χ4v) is 5.45. The lowest BCUT2D eigenvalue weighted by atomic mass is 9.72. The molecule has 0 bridgehead atoms. The second-order valence-electron chi connectivity index (χ2n) is 9.69. The van der Waals surface area contributed by atoms with Crippen molar-refractivity contribution in [1.29, 1.82) is 5.26 Å². The van der Waals surface area contributed by atoms with E-state index in [1.54, 1.807) is 18.5 Å². The number of nitrogens with zero attached hydrogens (tertiary/aromatic N) is 7. The van der Waals surface area contributed by atoms with Gasteiger partial charge in [0.05, 0.1) is 42.6 Å². The van der Waals surface area contributed by atoms with E-state index in [1.807, 2.05) is 12.1 Å². The first-order valence-corrected chi connectivity index (χ1v) is 12.5. The molecule has 4 aromatic rings. The molecule has 2 aliphatic rings. The number of hydrogen-bond donors (Lipinski definition) is 1. The van der Waals surface area contributed by atoms with E-state index < -0.39 is 5.41 Å². The van der Waals surface area contributed by atoms with Crippen molar-refractivity contribution in [2.75, 3.05) is 42.6 Å². The number of H-pyrrole nitrogens is 1. The Morgan fingerprint density at radius 3 is 2.68 bits per heavy atom. The molecule has 0 spiro atoms. The molecule has 0 aliphatic carbocycles. The summed E-state index contributed by atoms with van der Waals surface area (Å²) in [6.45, 7) is 5.37. The van der Waals surface area contributed by atoms with Gasteiger partial charge >= 0.3 is 0 Å². The number of ether oxygens (including phenoxy) is 1. The zero-order chi connectivity index (χ0) is 25.4. The number of fused-ring (bicyclic) bond motifs is 1. The molecule has 2 saturated heterocycles. The van der Waals surface area contributed by atoms with Crippen LogP contribution in [0.4, 0.5) is 16.0 Å². The van der Waals surface area contributed by atoms with Crippen molar-refractivity contribution in [2.45, 2.75) is 31.2 Å². The van der Waals surface area contributed by atoms with Gasteiger partial charge in [-0.2, -0.15) is 10.4 Å². The summed E-state index contributed by atoms with van der Waals surface area (Å²) in [6, 6.07) is 11.9. The van der Waals surface area contributed by atoms with Gasteiger partial charge in [-0.1, -0.05) is 0 Å². The molecule has 2 fully saturated rings. The van der Waals surface area contributed by atoms with E-state index in [9.17, 15) is 9.65 Å². The summed E-state index contributed by atoms with van der Waals surface area (Å²) in [5.41, 5.74) is 2.48. The standard InChI is InChI=1S/C27H27FN8O/c1-18-16-37-13-12-36(18)24-14-21(20-4-8-30-26(25(20)33-24)22-5-9-32-34-22)27(17-29)6-10-35(11-7-27)23-3-2-19(28)15-31-23/h2-5,8-9,14-15,18H,6-7,10-13,16H2,1H3,(H,32,34)/t18-/m1/s1. The van der Waals surface area contributed by atoms with E-state index in [0.29, 0.717) is 44.8 Å². The van der Waals surface area contributed by atoms with Crippen LogP contribution in [0.5, 0.6) is 0 Å². The molecule has 0 unspecified atom stereocenters. The van der Waals surface area contributed by atoms with Gasteiger partial charge in [-0.05, 0) is 55.7 Å². The number of aromatic nitrogens is 5. The molecule has 1 N–H and O–H groups in total. The Labute approximate surface area is 213 Å². The fourth-order valence-electron chi connectivity index (χ4n) is 5.45. The smallest absolute Gasteiger partial charge is 0.141 e. The molecule has 10 heteroatoms. The Hall–Kier alpha value is -4.10. The monoisotopic (exact) mass is 498 g/mol. The van der Waals surface area contributed by atoms with E-state index in [-0.39, 0.29) is 11.9 Å². The Balaban J connectivity index is 1.46. The van der Waals surface area contributed by atoms with Gasteiger partial charge in [0.25, 0.3) is 0 Å². The summed E-state index contributed by atoms with van der Waals surface area (Å²) in [5.74, 6) is 1.19. The van der Waals surface area contributed by atoms with Crippen molar-refractivity contribution in [2.24, 2.45) is 0 Å². The number of nitriles is 1. The highest BCUT2D eigenvalue weighted by Gasteiger charge is 2.39. The first kappa shape index (κ1) is 23.3. The van der Waals surface area contributed by atoms with Gasteiger partial charge in [0.1, 0.15) is 28.7 Å². The minimum absolute atomic E-state index is 0.156. The van der Waals surface area contributed by atoms with E-state index in [0.717, 1.165) is 40.3 Å². The maximum Gasteiger partial charge on any atom is 0.141 e. The van der Waals surface area contributed by atoms with E-state index in [4.69, 9.17) is 9.72 Å². The summed E-state index contributed by atoms with van der Waals surface area (Å²) in [6.07, 6.45) is 5.92. The van der Waals surface area contributed by atoms with Gasteiger partial charge in [-0.3, -0.25) is 10.1 Å². The molecule has 2 aliphatic heterocycles. The third kappa shape index (κ3) is 4.15. The van der Waals surface area contributed by atoms with Crippen LogP contribution in [0.2, 0.25) is 0 Å². The van der Waals surface area contributed by atoms with Crippen LogP contribution in [0.1, 0.15) is 25.3 Å². The maximum absolute atomic E-state index is 13.4. The molecule has 6 rings (SSSR count). The molecule has 0 amide bonds. The molecule has 9 nitrogen and oxygen atoms in total. The Morgan fingerprint density at radius 1 is 1.11 bits per heavy atom. The molecular weight excluding hydrogens is 471 g/mol. The molecule has 0 radical (unpaired) electrons. The quantitative estimate of drug-likeness (QED) is 0.452. The van der Waals surface area contributed by atoms with Gasteiger partial charge in [0, 0.05) is 37.4 Å². The average molecular weight is 499 g/mol. The predicted octanol–water partition coefficient (Wildman–Crippen LogP) is 3.84. The highest BCUT2D eigenvalue weighted by atomic mass is 19.1. The van der Waals surface area contributed by atoms with Crippen molar-refractivity contribution >= 4 is 22.5 Å². The molecule has 0 aromatic carbocycles. The first-order chi connectivity index (χ1) is 18.1. The zero-order valence-electron chi connectivity index (χ0n) is 20.6. The van der Waals surface area contributed by atoms with Crippen LogP contribution >= 0.6 is 0 Å². The van der Waals surface area contributed by atoms with Crippen LogP contribution in [0.15, 0.2) is 48.9 Å². The summed E-state index contributed by atoms with van der Waals surface area (Å²) >= 11 is 0. The van der Waals surface area contributed by atoms with Gasteiger partial charge in [0.2, 0.25) is 0 Å². The number of hydrogen-bond acceptors (Lipinski definition) is 8. The number of anilines is 2. The van der Waals surface area contributed by atoms with Crippen LogP contribution in [0.3, 0.4) is 0 Å². The fraction of sp³-hybridized carbons (Fsp3) is 0.370. The van der Waals surface area contributed by atoms with Gasteiger partial charge < -0.3 is 14.5 Å². The molecular formula is C27H27FN8O. The number of halogens is 1. The molecule has 188 valence electrons. The van der Waals surface area contributed by atoms with Crippen molar-refractivity contribution < 1.29 is 9.13 Å². The first-order valence-electron chi connectivity index (χ1n) is 12.5. The number of nitrogens with one attached hydrogen (secondary N) is 1. The highest BCUT2D eigenvalue weighted by Crippen LogP contribution is 2.42. The van der Waals surface area contributed by atoms with Crippen molar-refractivity contribution in [3.63, 3.8) is 0 Å². The van der Waals surface area contributed by atoms with E-state index in [2.05, 4.69) is 49.0 Å². The zero-order valence-corrected chi connectivity index (χ0v) is 20.6. The minimum atomic E-state index is -0.714. The second kappa shape index (κ2) is 9.41. The topological polar surface area (TPSA) is 107 Å². The number of piperidine rings is 1. The molecule has 1 atom stereocenters. The van der Waals surface area contributed by atoms with Gasteiger partial charge in [-0.15, -0.1) is 0 Å². The lowest BCUT2D eigenvalue weighted by molar-refractivity contribution is 0.0985. The third-order valence-corrected chi connectivity index (χ3v) is 7.51. The predicted molar refractivity (Wildman–Crippen MR) is 138 cm³/mol. The lowest BCUT2D eigenvalue weighted by Crippen LogP contribution is -2.45. The molecule has 4 aromatic heterocycles. The van der Waals surface area contributed by atoms with Crippen LogP contribution in [-0.2, 0) is 10.2 Å². The highest BCUT2D eigenvalue weighted by molar-refractivity contribution is 5.94. The summed E-state index contributed by atoms with van der Waals surface area (Å²) in [5, 5.41) is 18.7. The van der Waals surface area contributed by atoms with Crippen LogP contribution < -0.4 is 9.80 Å². The summed E-state index contributed by atoms with van der Waals surface area (Å²) in [7, 11) is 0. The van der Waals surface area contributed by atoms with Crippen molar-refractivity contribution in [3.8, 4) is 17.5 Å². The molecule has 0 saturated carbocycles. The van der Waals surface area contributed by atoms with E-state index >= 15 is 0 Å². The van der Waals surface area contributed by atoms with Crippen LogP contribution in [0, 0.1) is 17.1 Å². The minimum Gasteiger partial charge on any atom is -0.377 e. The molecule has 6 heterocycles. The maximum atomic E-state index is 13.4. The summed E-state index contributed by atoms with van der Waals surface area (Å²) in [4.78, 5) is 18.3. The van der Waals surface area contributed by atoms with Crippen LogP contribution in [0.25, 0.3) is 22.3 Å².